The maximum atomic E-state index is 12.3. The summed E-state index contributed by atoms with van der Waals surface area (Å²) in [6, 6.07) is 4.91. The molecule has 0 heterocycles. The van der Waals surface area contributed by atoms with E-state index in [-0.39, 0.29) is 0 Å². The number of rotatable bonds is 11. The van der Waals surface area contributed by atoms with Crippen molar-refractivity contribution in [2.45, 2.75) is 72.0 Å². The zero-order valence-corrected chi connectivity index (χ0v) is 18.8. The zero-order chi connectivity index (χ0) is 23.8. The van der Waals surface area contributed by atoms with Crippen molar-refractivity contribution in [2.75, 3.05) is 5.32 Å². The Bertz CT molecular complexity index is 790. The monoisotopic (exact) mass is 434 g/mol. The van der Waals surface area contributed by atoms with Crippen LogP contribution in [0.4, 0.5) is 5.69 Å². The van der Waals surface area contributed by atoms with Gasteiger partial charge in [-0.25, -0.2) is 0 Å². The van der Waals surface area contributed by atoms with Crippen LogP contribution in [0.25, 0.3) is 0 Å². The predicted molar refractivity (Wildman–Crippen MR) is 118 cm³/mol. The van der Waals surface area contributed by atoms with Crippen molar-refractivity contribution in [3.8, 4) is 0 Å². The van der Waals surface area contributed by atoms with E-state index in [1.807, 2.05) is 12.1 Å². The molecular weight excluding hydrogens is 400 g/mol. The van der Waals surface area contributed by atoms with Crippen molar-refractivity contribution in [1.29, 1.82) is 0 Å². The van der Waals surface area contributed by atoms with Gasteiger partial charge in [0.15, 0.2) is 0 Å². The third kappa shape index (κ3) is 8.75. The van der Waals surface area contributed by atoms with Gasteiger partial charge in [0.05, 0.1) is 11.5 Å². The molecule has 9 heteroatoms. The first-order valence-electron chi connectivity index (χ1n) is 10.3. The average Bonchev–Trinajstić information content (AvgIpc) is 2.68. The van der Waals surface area contributed by atoms with Crippen molar-refractivity contribution in [1.82, 2.24) is 10.6 Å². The average molecular weight is 435 g/mol. The van der Waals surface area contributed by atoms with Gasteiger partial charge in [0.1, 0.15) is 12.1 Å². The number of hydrogen-bond donors (Lipinski definition) is 5. The minimum Gasteiger partial charge on any atom is -0.481 e. The first-order valence-corrected chi connectivity index (χ1v) is 10.3. The number of nitrogens with one attached hydrogen (secondary N) is 3. The second kappa shape index (κ2) is 11.5. The van der Waals surface area contributed by atoms with Gasteiger partial charge in [0.2, 0.25) is 17.7 Å². The number of hydrogen-bond acceptors (Lipinski definition) is 5. The third-order valence-corrected chi connectivity index (χ3v) is 4.99. The molecule has 3 atom stereocenters. The van der Waals surface area contributed by atoms with Crippen LogP contribution in [0.5, 0.6) is 0 Å². The number of benzene rings is 1. The summed E-state index contributed by atoms with van der Waals surface area (Å²) >= 11 is 0. The van der Waals surface area contributed by atoms with Crippen LogP contribution in [0.1, 0.15) is 53.0 Å². The van der Waals surface area contributed by atoms with Gasteiger partial charge in [0, 0.05) is 5.69 Å². The minimum atomic E-state index is -0.820. The second-order valence-corrected chi connectivity index (χ2v) is 8.48. The van der Waals surface area contributed by atoms with Crippen LogP contribution >= 0.6 is 0 Å². The predicted octanol–water partition coefficient (Wildman–Crippen LogP) is 1.42. The zero-order valence-electron chi connectivity index (χ0n) is 18.8. The Morgan fingerprint density at radius 3 is 1.97 bits per heavy atom. The number of amides is 3. The molecule has 0 fully saturated rings. The fourth-order valence-corrected chi connectivity index (χ4v) is 2.66. The molecule has 1 aromatic carbocycles. The number of carboxylic acids is 1. The lowest BCUT2D eigenvalue weighted by molar-refractivity contribution is -0.147. The molecule has 0 aromatic heterocycles. The van der Waals surface area contributed by atoms with Gasteiger partial charge in [-0.3, -0.25) is 19.2 Å². The second-order valence-electron chi connectivity index (χ2n) is 8.48. The van der Waals surface area contributed by atoms with Crippen molar-refractivity contribution in [3.63, 3.8) is 0 Å². The molecule has 3 amide bonds. The van der Waals surface area contributed by atoms with Crippen molar-refractivity contribution < 1.29 is 24.3 Å². The van der Waals surface area contributed by atoms with E-state index in [2.05, 4.69) is 16.0 Å². The summed E-state index contributed by atoms with van der Waals surface area (Å²) in [5.74, 6) is -2.14. The van der Waals surface area contributed by atoms with Crippen molar-refractivity contribution in [3.05, 3.63) is 29.8 Å². The summed E-state index contributed by atoms with van der Waals surface area (Å²) in [6.45, 7) is 7.99. The quantitative estimate of drug-likeness (QED) is 0.355. The van der Waals surface area contributed by atoms with E-state index in [1.54, 1.807) is 32.9 Å². The summed E-state index contributed by atoms with van der Waals surface area (Å²) in [6.07, 6.45) is 2.05. The number of aliphatic carboxylic acids is 1. The molecule has 0 bridgehead atoms. The van der Waals surface area contributed by atoms with Gasteiger partial charge in [-0.05, 0) is 71.6 Å². The van der Waals surface area contributed by atoms with Gasteiger partial charge in [-0.2, -0.15) is 0 Å². The molecule has 0 radical (unpaired) electrons. The number of nitrogens with two attached hydrogens (primary N) is 1. The van der Waals surface area contributed by atoms with E-state index in [9.17, 15) is 19.2 Å². The van der Waals surface area contributed by atoms with Crippen LogP contribution < -0.4 is 21.7 Å². The Hall–Kier alpha value is -2.94. The van der Waals surface area contributed by atoms with E-state index >= 15 is 0 Å². The maximum Gasteiger partial charge on any atom is 0.309 e. The molecule has 1 rings (SSSR count). The molecule has 31 heavy (non-hydrogen) atoms. The van der Waals surface area contributed by atoms with Gasteiger partial charge < -0.3 is 26.8 Å². The van der Waals surface area contributed by atoms with E-state index < -0.39 is 47.2 Å². The highest BCUT2D eigenvalue weighted by Gasteiger charge is 2.26. The summed E-state index contributed by atoms with van der Waals surface area (Å²) in [5, 5.41) is 16.9. The lowest BCUT2D eigenvalue weighted by Crippen LogP contribution is -2.52. The number of anilines is 1. The molecule has 0 saturated heterocycles. The highest BCUT2D eigenvalue weighted by atomic mass is 16.4. The Morgan fingerprint density at radius 1 is 0.935 bits per heavy atom. The Labute approximate surface area is 183 Å². The summed E-state index contributed by atoms with van der Waals surface area (Å²) in [4.78, 5) is 47.2. The molecule has 0 aliphatic heterocycles. The molecule has 9 nitrogen and oxygen atoms in total. The van der Waals surface area contributed by atoms with Crippen molar-refractivity contribution in [2.24, 2.45) is 11.1 Å². The van der Waals surface area contributed by atoms with Gasteiger partial charge in [0.25, 0.3) is 0 Å². The van der Waals surface area contributed by atoms with Gasteiger partial charge in [-0.15, -0.1) is 0 Å². The molecule has 6 N–H and O–H groups in total. The number of aryl methyl sites for hydroxylation is 1. The number of carbonyl (C=O) groups is 4. The van der Waals surface area contributed by atoms with E-state index in [0.29, 0.717) is 12.1 Å². The molecule has 0 saturated carbocycles. The smallest absolute Gasteiger partial charge is 0.309 e. The van der Waals surface area contributed by atoms with E-state index in [1.165, 1.54) is 13.8 Å². The SMILES string of the molecule is C[C@H](N)C(=O)N[C@H](C)C(=O)N[C@@H](C)C(=O)Nc1ccc(CCCC(C)(C)C(=O)O)cc1. The summed E-state index contributed by atoms with van der Waals surface area (Å²) in [5.41, 5.74) is 6.33. The lowest BCUT2D eigenvalue weighted by atomic mass is 9.87. The molecule has 1 aromatic rings. The molecule has 0 spiro atoms. The van der Waals surface area contributed by atoms with Crippen LogP contribution in [-0.4, -0.2) is 46.9 Å². The molecule has 0 unspecified atom stereocenters. The Kier molecular flexibility index (Phi) is 9.64. The van der Waals surface area contributed by atoms with Crippen LogP contribution in [0.15, 0.2) is 24.3 Å². The molecular formula is C22H34N4O5. The Morgan fingerprint density at radius 2 is 1.45 bits per heavy atom. The largest absolute Gasteiger partial charge is 0.481 e. The fourth-order valence-electron chi connectivity index (χ4n) is 2.66. The molecule has 172 valence electrons. The number of carbonyl (C=O) groups excluding carboxylic acids is 3. The van der Waals surface area contributed by atoms with Crippen LogP contribution in [0, 0.1) is 5.41 Å². The first-order chi connectivity index (χ1) is 14.3. The normalized spacial score (nSPS) is 14.1. The first kappa shape index (κ1) is 26.1. The van der Waals surface area contributed by atoms with E-state index in [4.69, 9.17) is 10.8 Å². The maximum absolute atomic E-state index is 12.3. The Balaban J connectivity index is 2.51. The lowest BCUT2D eigenvalue weighted by Gasteiger charge is -2.19. The van der Waals surface area contributed by atoms with E-state index in [0.717, 1.165) is 18.4 Å². The third-order valence-electron chi connectivity index (χ3n) is 4.99. The standard InChI is InChI=1S/C22H34N4O5/c1-13(23)18(27)24-14(2)19(28)25-15(3)20(29)26-17-10-8-16(9-11-17)7-6-12-22(4,5)21(30)31/h8-11,13-15H,6-7,12,23H2,1-5H3,(H,24,27)(H,25,28)(H,26,29)(H,30,31)/t13-,14+,15-/m0/s1. The summed E-state index contributed by atoms with van der Waals surface area (Å²) < 4.78 is 0. The minimum absolute atomic E-state index is 0.393. The van der Waals surface area contributed by atoms with Crippen LogP contribution in [0.3, 0.4) is 0 Å². The highest BCUT2D eigenvalue weighted by molar-refractivity contribution is 5.98. The van der Waals surface area contributed by atoms with Gasteiger partial charge in [-0.1, -0.05) is 12.1 Å². The van der Waals surface area contributed by atoms with Gasteiger partial charge >= 0.3 is 5.97 Å². The highest BCUT2D eigenvalue weighted by Crippen LogP contribution is 2.24. The molecule has 0 aliphatic carbocycles. The topological polar surface area (TPSA) is 151 Å². The molecule has 0 aliphatic rings. The van der Waals surface area contributed by atoms with Crippen molar-refractivity contribution >= 4 is 29.4 Å². The van der Waals surface area contributed by atoms with Crippen LogP contribution in [-0.2, 0) is 25.6 Å². The number of carboxylic acid groups (broad SMARTS) is 1. The van der Waals surface area contributed by atoms with Crippen LogP contribution in [0.2, 0.25) is 0 Å². The fraction of sp³-hybridized carbons (Fsp3) is 0.545. The summed E-state index contributed by atoms with van der Waals surface area (Å²) in [7, 11) is 0.